The molecule has 0 unspecified atom stereocenters. The van der Waals surface area contributed by atoms with Crippen LogP contribution in [0.25, 0.3) is 0 Å². The normalized spacial score (nSPS) is 5.29. The van der Waals surface area contributed by atoms with Gasteiger partial charge in [-0.25, -0.2) is 0 Å². The number of hydrogen-bond donors (Lipinski definition) is 4. The van der Waals surface area contributed by atoms with Crippen LogP contribution in [0.2, 0.25) is 0 Å². The SMILES string of the molecule is CC(N)=O.CC(N)=O.NC=O.NC=O. The van der Waals surface area contributed by atoms with Gasteiger partial charge in [-0.1, -0.05) is 0 Å². The van der Waals surface area contributed by atoms with Crippen molar-refractivity contribution >= 4 is 24.6 Å². The topological polar surface area (TPSA) is 172 Å². The van der Waals surface area contributed by atoms with Gasteiger partial charge in [0.05, 0.1) is 0 Å². The fourth-order valence-corrected chi connectivity index (χ4v) is 0. The van der Waals surface area contributed by atoms with Crippen molar-refractivity contribution < 1.29 is 19.2 Å². The van der Waals surface area contributed by atoms with E-state index in [1.165, 1.54) is 13.8 Å². The van der Waals surface area contributed by atoms with Crippen molar-refractivity contribution in [3.8, 4) is 0 Å². The highest BCUT2D eigenvalue weighted by atomic mass is 16.1. The highest BCUT2D eigenvalue weighted by molar-refractivity contribution is 5.70. The second kappa shape index (κ2) is 30.7. The molecular formula is C6H16N4O4. The second-order valence-corrected chi connectivity index (χ2v) is 1.49. The number of amides is 4. The molecule has 0 aliphatic rings. The van der Waals surface area contributed by atoms with Gasteiger partial charge in [-0.2, -0.15) is 0 Å². The minimum Gasteiger partial charge on any atom is -0.372 e. The molecule has 0 atom stereocenters. The molecule has 0 radical (unpaired) electrons. The number of primary amides is 4. The van der Waals surface area contributed by atoms with E-state index in [-0.39, 0.29) is 24.6 Å². The Morgan fingerprint density at radius 1 is 0.857 bits per heavy atom. The van der Waals surface area contributed by atoms with E-state index in [1.807, 2.05) is 0 Å². The predicted molar refractivity (Wildman–Crippen MR) is 50.2 cm³/mol. The van der Waals surface area contributed by atoms with Crippen LogP contribution in [0.15, 0.2) is 0 Å². The van der Waals surface area contributed by atoms with Crippen molar-refractivity contribution in [3.63, 3.8) is 0 Å². The van der Waals surface area contributed by atoms with Crippen molar-refractivity contribution in [2.75, 3.05) is 0 Å². The van der Waals surface area contributed by atoms with Crippen molar-refractivity contribution in [2.45, 2.75) is 13.8 Å². The first-order chi connectivity index (χ1) is 6.29. The highest BCUT2D eigenvalue weighted by Crippen LogP contribution is 1.33. The molecule has 0 aliphatic heterocycles. The molecule has 14 heavy (non-hydrogen) atoms. The Kier molecular flexibility index (Phi) is 49.7. The van der Waals surface area contributed by atoms with E-state index in [9.17, 15) is 9.59 Å². The summed E-state index contributed by atoms with van der Waals surface area (Å²) in [7, 11) is 0. The van der Waals surface area contributed by atoms with E-state index in [1.54, 1.807) is 0 Å². The van der Waals surface area contributed by atoms with Gasteiger partial charge in [-0.3, -0.25) is 19.2 Å². The van der Waals surface area contributed by atoms with Crippen LogP contribution in [0.5, 0.6) is 0 Å². The van der Waals surface area contributed by atoms with E-state index in [2.05, 4.69) is 22.9 Å². The van der Waals surface area contributed by atoms with Crippen molar-refractivity contribution in [2.24, 2.45) is 22.9 Å². The summed E-state index contributed by atoms with van der Waals surface area (Å²) in [6.45, 7) is 2.61. The van der Waals surface area contributed by atoms with Gasteiger partial charge in [0, 0.05) is 13.8 Å². The molecule has 0 aromatic heterocycles. The quantitative estimate of drug-likeness (QED) is 0.314. The lowest BCUT2D eigenvalue weighted by molar-refractivity contribution is -0.116. The molecule has 0 aliphatic carbocycles. The molecule has 0 heterocycles. The predicted octanol–water partition coefficient (Wildman–Crippen LogP) is -2.81. The standard InChI is InChI=1S/2C2H5NO.2CH3NO/c2*1-2(3)4;2*2-1-3/h2*1H3,(H2,3,4);2*1H,(H2,2,3). The molecule has 84 valence electrons. The van der Waals surface area contributed by atoms with E-state index in [0.29, 0.717) is 0 Å². The van der Waals surface area contributed by atoms with Gasteiger partial charge in [0.1, 0.15) is 0 Å². The maximum absolute atomic E-state index is 9.22. The van der Waals surface area contributed by atoms with Crippen LogP contribution in [0.3, 0.4) is 0 Å². The highest BCUT2D eigenvalue weighted by Gasteiger charge is 1.61. The summed E-state index contributed by atoms with van der Waals surface area (Å²) in [5, 5.41) is 0. The Balaban J connectivity index is -0.0000000482. The van der Waals surface area contributed by atoms with Gasteiger partial charge < -0.3 is 22.9 Å². The van der Waals surface area contributed by atoms with Gasteiger partial charge in [0.25, 0.3) is 0 Å². The molecule has 0 aromatic rings. The minimum absolute atomic E-state index is 0.250. The number of rotatable bonds is 0. The molecule has 8 nitrogen and oxygen atoms in total. The Labute approximate surface area is 81.6 Å². The Morgan fingerprint density at radius 2 is 0.857 bits per heavy atom. The lowest BCUT2D eigenvalue weighted by Crippen LogP contribution is -2.01. The summed E-state index contributed by atoms with van der Waals surface area (Å²) >= 11 is 0. The third-order valence-corrected chi connectivity index (χ3v) is 0. The van der Waals surface area contributed by atoms with Crippen LogP contribution in [-0.4, -0.2) is 24.6 Å². The van der Waals surface area contributed by atoms with Gasteiger partial charge in [-0.05, 0) is 0 Å². The summed E-state index contributed by atoms with van der Waals surface area (Å²) < 4.78 is 0. The van der Waals surface area contributed by atoms with E-state index in [0.717, 1.165) is 0 Å². The number of nitrogens with two attached hydrogens (primary N) is 4. The monoisotopic (exact) mass is 208 g/mol. The molecule has 0 fully saturated rings. The zero-order valence-electron chi connectivity index (χ0n) is 8.10. The Morgan fingerprint density at radius 3 is 0.857 bits per heavy atom. The third kappa shape index (κ3) is 173. The molecule has 0 saturated carbocycles. The van der Waals surface area contributed by atoms with Crippen molar-refractivity contribution in [1.82, 2.24) is 0 Å². The average molecular weight is 208 g/mol. The minimum atomic E-state index is -0.333. The number of carbonyl (C=O) groups is 4. The molecule has 0 aromatic carbocycles. The summed E-state index contributed by atoms with van der Waals surface area (Å²) in [4.78, 5) is 35.6. The molecule has 0 rings (SSSR count). The summed E-state index contributed by atoms with van der Waals surface area (Å²) in [6, 6.07) is 0. The molecule has 8 N–H and O–H groups in total. The van der Waals surface area contributed by atoms with E-state index in [4.69, 9.17) is 9.59 Å². The van der Waals surface area contributed by atoms with Crippen LogP contribution >= 0.6 is 0 Å². The summed E-state index contributed by atoms with van der Waals surface area (Å²) in [5.74, 6) is -0.667. The fraction of sp³-hybridized carbons (Fsp3) is 0.333. The van der Waals surface area contributed by atoms with Crippen LogP contribution in [-0.2, 0) is 19.2 Å². The molecule has 0 bridgehead atoms. The number of carbonyl (C=O) groups excluding carboxylic acids is 4. The average Bonchev–Trinajstić information content (AvgIpc) is 1.85. The van der Waals surface area contributed by atoms with Crippen LogP contribution < -0.4 is 22.9 Å². The van der Waals surface area contributed by atoms with Crippen molar-refractivity contribution in [3.05, 3.63) is 0 Å². The summed E-state index contributed by atoms with van der Waals surface area (Å²) in [5.41, 5.74) is 17.3. The Hall–Kier alpha value is -2.12. The molecular weight excluding hydrogens is 192 g/mol. The Bertz CT molecular complexity index is 134. The lowest BCUT2D eigenvalue weighted by atomic mass is 10.8. The first-order valence-electron chi connectivity index (χ1n) is 3.12. The molecule has 8 heteroatoms. The molecule has 4 amide bonds. The van der Waals surface area contributed by atoms with Crippen molar-refractivity contribution in [1.29, 1.82) is 0 Å². The first kappa shape index (κ1) is 22.6. The number of hydrogen-bond acceptors (Lipinski definition) is 4. The van der Waals surface area contributed by atoms with Gasteiger partial charge in [-0.15, -0.1) is 0 Å². The first-order valence-corrected chi connectivity index (χ1v) is 3.12. The van der Waals surface area contributed by atoms with E-state index < -0.39 is 0 Å². The van der Waals surface area contributed by atoms with Crippen LogP contribution in [0, 0.1) is 0 Å². The van der Waals surface area contributed by atoms with E-state index >= 15 is 0 Å². The van der Waals surface area contributed by atoms with Gasteiger partial charge in [0.2, 0.25) is 24.6 Å². The second-order valence-electron chi connectivity index (χ2n) is 1.49. The van der Waals surface area contributed by atoms with Crippen LogP contribution in [0.4, 0.5) is 0 Å². The lowest BCUT2D eigenvalue weighted by Gasteiger charge is -1.60. The maximum atomic E-state index is 9.22. The fourth-order valence-electron chi connectivity index (χ4n) is 0. The molecule has 0 spiro atoms. The van der Waals surface area contributed by atoms with Gasteiger partial charge >= 0.3 is 0 Å². The molecule has 0 saturated heterocycles. The zero-order valence-corrected chi connectivity index (χ0v) is 8.10. The zero-order chi connectivity index (χ0) is 12.6. The van der Waals surface area contributed by atoms with Gasteiger partial charge in [0.15, 0.2) is 0 Å². The van der Waals surface area contributed by atoms with Crippen LogP contribution in [0.1, 0.15) is 13.8 Å². The smallest absolute Gasteiger partial charge is 0.214 e. The third-order valence-electron chi connectivity index (χ3n) is 0. The largest absolute Gasteiger partial charge is 0.372 e. The summed E-state index contributed by atoms with van der Waals surface area (Å²) in [6.07, 6.45) is 0.500. The maximum Gasteiger partial charge on any atom is 0.214 e.